The fourth-order valence-corrected chi connectivity index (χ4v) is 4.79. The number of thiophene rings is 1. The predicted octanol–water partition coefficient (Wildman–Crippen LogP) is 6.35. The van der Waals surface area contributed by atoms with E-state index in [1.807, 2.05) is 0 Å². The monoisotopic (exact) mass is 479 g/mol. The van der Waals surface area contributed by atoms with Crippen LogP contribution in [0.25, 0.3) is 0 Å². The van der Waals surface area contributed by atoms with Crippen LogP contribution in [-0.2, 0) is 0 Å². The van der Waals surface area contributed by atoms with Gasteiger partial charge in [0, 0.05) is 13.8 Å². The summed E-state index contributed by atoms with van der Waals surface area (Å²) in [6.07, 6.45) is 0. The van der Waals surface area contributed by atoms with Crippen LogP contribution in [0.15, 0.2) is 30.9 Å². The molecule has 1 N–H and O–H groups in total. The molecule has 2 rings (SSSR count). The van der Waals surface area contributed by atoms with Crippen LogP contribution in [0.4, 0.5) is 0 Å². The van der Waals surface area contributed by atoms with Gasteiger partial charge in [0.05, 0.1) is 9.83 Å². The van der Waals surface area contributed by atoms with E-state index in [9.17, 15) is 0 Å². The molecule has 1 heterocycles. The van der Waals surface area contributed by atoms with Gasteiger partial charge in [-0.15, -0.1) is 11.3 Å². The van der Waals surface area contributed by atoms with Crippen molar-refractivity contribution in [3.8, 4) is 0 Å². The van der Waals surface area contributed by atoms with Gasteiger partial charge in [-0.25, -0.2) is 0 Å². The Balaban J connectivity index is 2.50. The van der Waals surface area contributed by atoms with Gasteiger partial charge in [0.15, 0.2) is 0 Å². The second kappa shape index (κ2) is 7.05. The van der Waals surface area contributed by atoms with Gasteiger partial charge in [0.25, 0.3) is 0 Å². The molecule has 1 aromatic carbocycles. The summed E-state index contributed by atoms with van der Waals surface area (Å²) < 4.78 is 3.50. The molecule has 0 spiro atoms. The van der Waals surface area contributed by atoms with E-state index >= 15 is 0 Å². The summed E-state index contributed by atoms with van der Waals surface area (Å²) in [7, 11) is 0. The van der Waals surface area contributed by atoms with E-state index in [1.54, 1.807) is 11.3 Å². The van der Waals surface area contributed by atoms with Gasteiger partial charge in [0.2, 0.25) is 0 Å². The lowest BCUT2D eigenvalue weighted by Crippen LogP contribution is -2.21. The number of halogens is 3. The Hall–Kier alpha value is 0.320. The molecule has 0 aliphatic heterocycles. The fourth-order valence-electron chi connectivity index (χ4n) is 2.08. The van der Waals surface area contributed by atoms with Crippen LogP contribution in [-0.4, -0.2) is 6.54 Å². The van der Waals surface area contributed by atoms with Crippen molar-refractivity contribution >= 4 is 59.1 Å². The molecule has 5 heteroatoms. The van der Waals surface area contributed by atoms with Crippen LogP contribution < -0.4 is 5.32 Å². The van der Waals surface area contributed by atoms with E-state index < -0.39 is 0 Å². The van der Waals surface area contributed by atoms with Crippen molar-refractivity contribution in [2.75, 3.05) is 6.54 Å². The number of hydrogen-bond donors (Lipinski definition) is 1. The molecule has 108 valence electrons. The first-order chi connectivity index (χ1) is 9.43. The van der Waals surface area contributed by atoms with Crippen molar-refractivity contribution < 1.29 is 0 Å². The molecule has 20 heavy (non-hydrogen) atoms. The summed E-state index contributed by atoms with van der Waals surface area (Å²) in [5, 5.41) is 3.58. The molecular formula is C15H16Br3NS. The lowest BCUT2D eigenvalue weighted by atomic mass is 10.0. The maximum Gasteiger partial charge on any atom is 0.0731 e. The first-order valence-electron chi connectivity index (χ1n) is 6.38. The average molecular weight is 482 g/mol. The Labute approximate surface area is 149 Å². The summed E-state index contributed by atoms with van der Waals surface area (Å²) in [5.41, 5.74) is 3.78. The highest BCUT2D eigenvalue weighted by Gasteiger charge is 2.20. The molecule has 0 saturated carbocycles. The summed E-state index contributed by atoms with van der Waals surface area (Å²) in [6, 6.07) is 6.83. The van der Waals surface area contributed by atoms with Crippen molar-refractivity contribution in [2.24, 2.45) is 0 Å². The van der Waals surface area contributed by atoms with Gasteiger partial charge >= 0.3 is 0 Å². The highest BCUT2D eigenvalue weighted by molar-refractivity contribution is 9.11. The predicted molar refractivity (Wildman–Crippen MR) is 98.9 cm³/mol. The summed E-state index contributed by atoms with van der Waals surface area (Å²) in [4.78, 5) is 1.33. The Kier molecular flexibility index (Phi) is 5.88. The quantitative estimate of drug-likeness (QED) is 0.536. The molecule has 0 amide bonds. The first kappa shape index (κ1) is 16.7. The zero-order valence-electron chi connectivity index (χ0n) is 11.6. The SMILES string of the molecule is CCNC(c1cc(C)c(Br)s1)c1cc(Br)c(C)cc1Br. The van der Waals surface area contributed by atoms with Crippen LogP contribution in [0.5, 0.6) is 0 Å². The number of hydrogen-bond acceptors (Lipinski definition) is 2. The molecule has 0 aliphatic carbocycles. The van der Waals surface area contributed by atoms with Crippen molar-refractivity contribution in [2.45, 2.75) is 26.8 Å². The molecule has 2 aromatic rings. The van der Waals surface area contributed by atoms with Gasteiger partial charge < -0.3 is 5.32 Å². The second-order valence-corrected chi connectivity index (χ2v) is 8.83. The zero-order valence-corrected chi connectivity index (χ0v) is 17.1. The van der Waals surface area contributed by atoms with Gasteiger partial charge in [-0.1, -0.05) is 38.8 Å². The fraction of sp³-hybridized carbons (Fsp3) is 0.333. The normalized spacial score (nSPS) is 12.7. The molecule has 1 unspecified atom stereocenters. The highest BCUT2D eigenvalue weighted by Crippen LogP contribution is 2.38. The smallest absolute Gasteiger partial charge is 0.0731 e. The number of benzene rings is 1. The summed E-state index contributed by atoms with van der Waals surface area (Å²) >= 11 is 12.8. The van der Waals surface area contributed by atoms with Crippen LogP contribution >= 0.6 is 59.1 Å². The highest BCUT2D eigenvalue weighted by atomic mass is 79.9. The second-order valence-electron chi connectivity index (χ2n) is 4.72. The van der Waals surface area contributed by atoms with Crippen molar-refractivity contribution in [1.29, 1.82) is 0 Å². The van der Waals surface area contributed by atoms with E-state index in [-0.39, 0.29) is 6.04 Å². The van der Waals surface area contributed by atoms with Crippen LogP contribution in [0, 0.1) is 13.8 Å². The average Bonchev–Trinajstić information content (AvgIpc) is 2.71. The van der Waals surface area contributed by atoms with Crippen LogP contribution in [0.3, 0.4) is 0 Å². The van der Waals surface area contributed by atoms with Crippen molar-refractivity contribution in [1.82, 2.24) is 5.32 Å². The van der Waals surface area contributed by atoms with Gasteiger partial charge in [0.1, 0.15) is 0 Å². The van der Waals surface area contributed by atoms with E-state index in [0.29, 0.717) is 0 Å². The first-order valence-corrected chi connectivity index (χ1v) is 9.58. The molecule has 1 nitrogen and oxygen atoms in total. The van der Waals surface area contributed by atoms with E-state index in [1.165, 1.54) is 25.4 Å². The third-order valence-corrected chi connectivity index (χ3v) is 6.90. The Morgan fingerprint density at radius 1 is 1.05 bits per heavy atom. The Morgan fingerprint density at radius 3 is 2.30 bits per heavy atom. The largest absolute Gasteiger partial charge is 0.306 e. The maximum atomic E-state index is 3.71. The number of aryl methyl sites for hydroxylation is 2. The van der Waals surface area contributed by atoms with Gasteiger partial charge in [-0.05, 0) is 71.2 Å². The Morgan fingerprint density at radius 2 is 1.75 bits per heavy atom. The van der Waals surface area contributed by atoms with Crippen molar-refractivity contribution in [3.63, 3.8) is 0 Å². The summed E-state index contributed by atoms with van der Waals surface area (Å²) in [6.45, 7) is 7.30. The minimum absolute atomic E-state index is 0.210. The molecule has 0 saturated heterocycles. The number of nitrogens with one attached hydrogen (secondary N) is 1. The van der Waals surface area contributed by atoms with E-state index in [2.05, 4.69) is 92.1 Å². The molecule has 0 fully saturated rings. The minimum Gasteiger partial charge on any atom is -0.306 e. The molecule has 0 aliphatic rings. The third kappa shape index (κ3) is 3.55. The lowest BCUT2D eigenvalue weighted by Gasteiger charge is -2.19. The zero-order chi connectivity index (χ0) is 14.9. The van der Waals surface area contributed by atoms with Gasteiger partial charge in [-0.2, -0.15) is 0 Å². The van der Waals surface area contributed by atoms with E-state index in [4.69, 9.17) is 0 Å². The Bertz CT molecular complexity index is 602. The topological polar surface area (TPSA) is 12.0 Å². The maximum absolute atomic E-state index is 3.71. The van der Waals surface area contributed by atoms with Crippen LogP contribution in [0.1, 0.15) is 34.5 Å². The molecule has 0 radical (unpaired) electrons. The summed E-state index contributed by atoms with van der Waals surface area (Å²) in [5.74, 6) is 0. The van der Waals surface area contributed by atoms with Gasteiger partial charge in [-0.3, -0.25) is 0 Å². The number of rotatable bonds is 4. The van der Waals surface area contributed by atoms with Crippen molar-refractivity contribution in [3.05, 3.63) is 52.5 Å². The third-order valence-electron chi connectivity index (χ3n) is 3.16. The van der Waals surface area contributed by atoms with E-state index in [0.717, 1.165) is 15.5 Å². The lowest BCUT2D eigenvalue weighted by molar-refractivity contribution is 0.637. The molecule has 0 bridgehead atoms. The molecular weight excluding hydrogens is 466 g/mol. The van der Waals surface area contributed by atoms with Crippen LogP contribution in [0.2, 0.25) is 0 Å². The molecule has 1 aromatic heterocycles. The standard InChI is InChI=1S/C15H16Br3NS/c1-4-19-14(13-6-9(3)15(18)20-13)10-7-11(16)8(2)5-12(10)17/h5-7,14,19H,4H2,1-3H3. The molecule has 1 atom stereocenters. The minimum atomic E-state index is 0.210.